The standard InChI is InChI=1S/C4H5ClO2S3/c1-2-8-4(7)10-9-3(5)6/h2H2,1H3. The van der Waals surface area contributed by atoms with Crippen LogP contribution in [0.25, 0.3) is 0 Å². The Balaban J connectivity index is 3.30. The fourth-order valence-electron chi connectivity index (χ4n) is 0.209. The summed E-state index contributed by atoms with van der Waals surface area (Å²) in [5, 5.41) is 0. The average Bonchev–Trinajstić information content (AvgIpc) is 1.85. The van der Waals surface area contributed by atoms with Crippen molar-refractivity contribution in [3.63, 3.8) is 0 Å². The Kier molecular flexibility index (Phi) is 6.83. The van der Waals surface area contributed by atoms with E-state index >= 15 is 0 Å². The van der Waals surface area contributed by atoms with Crippen molar-refractivity contribution in [3.05, 3.63) is 0 Å². The summed E-state index contributed by atoms with van der Waals surface area (Å²) in [5.41, 5.74) is 0. The van der Waals surface area contributed by atoms with Gasteiger partial charge in [0.1, 0.15) is 0 Å². The van der Waals surface area contributed by atoms with Crippen molar-refractivity contribution in [2.75, 3.05) is 5.75 Å². The molecule has 0 aromatic heterocycles. The van der Waals surface area contributed by atoms with Gasteiger partial charge in [-0.2, -0.15) is 0 Å². The molecular weight excluding hydrogens is 212 g/mol. The van der Waals surface area contributed by atoms with Crippen molar-refractivity contribution in [1.82, 2.24) is 0 Å². The van der Waals surface area contributed by atoms with Gasteiger partial charge in [-0.05, 0) is 17.4 Å². The van der Waals surface area contributed by atoms with Gasteiger partial charge in [0.05, 0.1) is 0 Å². The zero-order chi connectivity index (χ0) is 7.98. The number of halogens is 1. The zero-order valence-corrected chi connectivity index (χ0v) is 8.33. The highest BCUT2D eigenvalue weighted by atomic mass is 35.5. The van der Waals surface area contributed by atoms with Gasteiger partial charge in [-0.25, -0.2) is 0 Å². The van der Waals surface area contributed by atoms with E-state index in [-0.39, 0.29) is 4.45 Å². The molecule has 0 heterocycles. The van der Waals surface area contributed by atoms with Gasteiger partial charge in [-0.15, -0.1) is 0 Å². The normalized spacial score (nSPS) is 9.40. The number of carbonyl (C=O) groups is 2. The molecule has 0 bridgehead atoms. The molecule has 0 radical (unpaired) electrons. The van der Waals surface area contributed by atoms with Crippen molar-refractivity contribution >= 4 is 54.0 Å². The second-order valence-corrected chi connectivity index (χ2v) is 5.22. The fourth-order valence-corrected chi connectivity index (χ4v) is 2.55. The quantitative estimate of drug-likeness (QED) is 0.494. The van der Waals surface area contributed by atoms with E-state index < -0.39 is 4.57 Å². The summed E-state index contributed by atoms with van der Waals surface area (Å²) in [4.78, 5) is 20.7. The monoisotopic (exact) mass is 216 g/mol. The first kappa shape index (κ1) is 10.7. The first-order chi connectivity index (χ1) is 4.66. The van der Waals surface area contributed by atoms with Crippen molar-refractivity contribution in [2.45, 2.75) is 6.92 Å². The van der Waals surface area contributed by atoms with Crippen molar-refractivity contribution in [1.29, 1.82) is 0 Å². The van der Waals surface area contributed by atoms with E-state index in [0.717, 1.165) is 27.3 Å². The van der Waals surface area contributed by atoms with Gasteiger partial charge in [0.2, 0.25) is 0 Å². The third-order valence-electron chi connectivity index (χ3n) is 0.437. The maximum Gasteiger partial charge on any atom is 0.290 e. The minimum absolute atomic E-state index is 0.0819. The first-order valence-electron chi connectivity index (χ1n) is 2.37. The zero-order valence-electron chi connectivity index (χ0n) is 5.13. The molecule has 0 spiro atoms. The minimum atomic E-state index is -0.560. The molecule has 0 amide bonds. The van der Waals surface area contributed by atoms with Gasteiger partial charge in [0.15, 0.2) is 0 Å². The second kappa shape index (κ2) is 6.39. The summed E-state index contributed by atoms with van der Waals surface area (Å²) in [6.45, 7) is 1.87. The molecule has 0 aliphatic rings. The van der Waals surface area contributed by atoms with E-state index in [2.05, 4.69) is 0 Å². The van der Waals surface area contributed by atoms with Crippen LogP contribution < -0.4 is 0 Å². The summed E-state index contributed by atoms with van der Waals surface area (Å²) in [6, 6.07) is 0. The fraction of sp³-hybridized carbons (Fsp3) is 0.500. The van der Waals surface area contributed by atoms with E-state index in [4.69, 9.17) is 11.6 Å². The number of rotatable bonds is 1. The third kappa shape index (κ3) is 6.80. The lowest BCUT2D eigenvalue weighted by atomic mass is 11.0. The number of thioether (sulfide) groups is 1. The molecule has 0 atom stereocenters. The molecule has 0 saturated carbocycles. The van der Waals surface area contributed by atoms with E-state index in [1.807, 2.05) is 6.92 Å². The largest absolute Gasteiger partial charge is 0.290 e. The van der Waals surface area contributed by atoms with E-state index in [1.54, 1.807) is 0 Å². The van der Waals surface area contributed by atoms with Crippen LogP contribution in [0.2, 0.25) is 0 Å². The summed E-state index contributed by atoms with van der Waals surface area (Å²) < 4.78 is -0.642. The van der Waals surface area contributed by atoms with Crippen LogP contribution in [0.4, 0.5) is 9.59 Å². The van der Waals surface area contributed by atoms with Crippen LogP contribution >= 0.6 is 45.0 Å². The van der Waals surface area contributed by atoms with Crippen LogP contribution in [0.3, 0.4) is 0 Å². The van der Waals surface area contributed by atoms with Crippen LogP contribution in [0.15, 0.2) is 0 Å². The molecule has 0 saturated heterocycles. The molecule has 0 fully saturated rings. The average molecular weight is 217 g/mol. The van der Waals surface area contributed by atoms with E-state index in [0.29, 0.717) is 0 Å². The maximum absolute atomic E-state index is 10.6. The molecular formula is C4H5ClO2S3. The highest BCUT2D eigenvalue weighted by molar-refractivity contribution is 8.90. The molecule has 0 aliphatic heterocycles. The van der Waals surface area contributed by atoms with Gasteiger partial charge in [-0.3, -0.25) is 9.59 Å². The van der Waals surface area contributed by atoms with Gasteiger partial charge >= 0.3 is 0 Å². The molecule has 0 aliphatic carbocycles. The first-order valence-corrected chi connectivity index (χ1v) is 5.89. The Morgan fingerprint density at radius 1 is 1.40 bits per heavy atom. The van der Waals surface area contributed by atoms with Gasteiger partial charge in [-0.1, -0.05) is 18.7 Å². The molecule has 0 aromatic carbocycles. The summed E-state index contributed by atoms with van der Waals surface area (Å²) >= 11 is 6.13. The second-order valence-electron chi connectivity index (χ2n) is 1.09. The lowest BCUT2D eigenvalue weighted by Crippen LogP contribution is -1.78. The summed E-state index contributed by atoms with van der Waals surface area (Å²) in [6.07, 6.45) is 0. The van der Waals surface area contributed by atoms with Crippen LogP contribution in [0.5, 0.6) is 0 Å². The molecule has 2 nitrogen and oxygen atoms in total. The van der Waals surface area contributed by atoms with Crippen LogP contribution in [-0.2, 0) is 0 Å². The Bertz CT molecular complexity index is 138. The highest BCUT2D eigenvalue weighted by Gasteiger charge is 2.05. The topological polar surface area (TPSA) is 34.1 Å². The Labute approximate surface area is 76.2 Å². The summed E-state index contributed by atoms with van der Waals surface area (Å²) in [7, 11) is 1.62. The molecule has 0 unspecified atom stereocenters. The Morgan fingerprint density at radius 2 is 2.00 bits per heavy atom. The Hall–Kier alpha value is 0.680. The van der Waals surface area contributed by atoms with Crippen molar-refractivity contribution in [3.8, 4) is 0 Å². The molecule has 0 rings (SSSR count). The van der Waals surface area contributed by atoms with Crippen molar-refractivity contribution in [2.24, 2.45) is 0 Å². The molecule has 0 aromatic rings. The number of hydrogen-bond donors (Lipinski definition) is 0. The van der Waals surface area contributed by atoms with E-state index in [9.17, 15) is 9.59 Å². The Morgan fingerprint density at radius 3 is 2.40 bits per heavy atom. The molecule has 10 heavy (non-hydrogen) atoms. The highest BCUT2D eigenvalue weighted by Crippen LogP contribution is 2.30. The lowest BCUT2D eigenvalue weighted by molar-refractivity contribution is 0.275. The molecule has 0 N–H and O–H groups in total. The van der Waals surface area contributed by atoms with Crippen molar-refractivity contribution < 1.29 is 9.59 Å². The maximum atomic E-state index is 10.6. The van der Waals surface area contributed by atoms with Crippen LogP contribution in [-0.4, -0.2) is 14.8 Å². The van der Waals surface area contributed by atoms with Crippen LogP contribution in [0, 0.1) is 0 Å². The van der Waals surface area contributed by atoms with Gasteiger partial charge in [0, 0.05) is 21.6 Å². The molecule has 6 heteroatoms. The number of carbonyl (C=O) groups excluding carboxylic acids is 2. The minimum Gasteiger partial charge on any atom is -0.273 e. The smallest absolute Gasteiger partial charge is 0.273 e. The summed E-state index contributed by atoms with van der Waals surface area (Å²) in [5.74, 6) is 0.725. The van der Waals surface area contributed by atoms with Gasteiger partial charge < -0.3 is 0 Å². The third-order valence-corrected chi connectivity index (χ3v) is 3.90. The van der Waals surface area contributed by atoms with Crippen LogP contribution in [0.1, 0.15) is 6.92 Å². The number of hydrogen-bond acceptors (Lipinski definition) is 5. The van der Waals surface area contributed by atoms with E-state index in [1.165, 1.54) is 11.8 Å². The SMILES string of the molecule is CCSC(=O)SSC(=O)Cl. The van der Waals surface area contributed by atoms with Gasteiger partial charge in [0.25, 0.3) is 9.02 Å². The predicted molar refractivity (Wildman–Crippen MR) is 50.0 cm³/mol. The lowest BCUT2D eigenvalue weighted by Gasteiger charge is -1.91. The predicted octanol–water partition coefficient (Wildman–Crippen LogP) is 3.60. The molecule has 58 valence electrons.